The van der Waals surface area contributed by atoms with E-state index in [1.165, 1.54) is 0 Å². The highest BCUT2D eigenvalue weighted by Crippen LogP contribution is 2.14. The number of nitriles is 1. The van der Waals surface area contributed by atoms with Gasteiger partial charge in [-0.15, -0.1) is 0 Å². The van der Waals surface area contributed by atoms with Gasteiger partial charge in [0, 0.05) is 6.54 Å². The number of rotatable bonds is 4. The lowest BCUT2D eigenvalue weighted by Gasteiger charge is -2.19. The maximum Gasteiger partial charge on any atom is 0.413 e. The standard InChI is InChI=1S/C18H20N4O2/c1-18(2,3)24-17(23)22-16-9-8-15(12-21-16)20-11-14-7-5-4-6-13(14)10-19/h4-9,12,20H,11H2,1-3H3,(H,21,22,23). The van der Waals surface area contributed by atoms with Crippen LogP contribution in [0.2, 0.25) is 0 Å². The van der Waals surface area contributed by atoms with Crippen LogP contribution >= 0.6 is 0 Å². The Morgan fingerprint density at radius 3 is 2.62 bits per heavy atom. The van der Waals surface area contributed by atoms with Crippen LogP contribution in [0.1, 0.15) is 31.9 Å². The number of ether oxygens (including phenoxy) is 1. The molecule has 2 N–H and O–H groups in total. The number of aromatic nitrogens is 1. The van der Waals surface area contributed by atoms with Crippen molar-refractivity contribution in [3.8, 4) is 6.07 Å². The minimum atomic E-state index is -0.556. The van der Waals surface area contributed by atoms with Crippen LogP contribution in [0.15, 0.2) is 42.6 Å². The zero-order chi connectivity index (χ0) is 17.6. The third kappa shape index (κ3) is 5.29. The normalized spacial score (nSPS) is 10.6. The first-order valence-electron chi connectivity index (χ1n) is 7.55. The molecule has 1 heterocycles. The first-order chi connectivity index (χ1) is 11.4. The number of pyridine rings is 1. The lowest BCUT2D eigenvalue weighted by molar-refractivity contribution is 0.0635. The van der Waals surface area contributed by atoms with E-state index in [1.807, 2.05) is 18.2 Å². The topological polar surface area (TPSA) is 87.0 Å². The number of benzene rings is 1. The fourth-order valence-electron chi connectivity index (χ4n) is 1.96. The number of carbonyl (C=O) groups excluding carboxylic acids is 1. The minimum Gasteiger partial charge on any atom is -0.444 e. The molecule has 0 saturated heterocycles. The average Bonchev–Trinajstić information content (AvgIpc) is 2.52. The van der Waals surface area contributed by atoms with Crippen molar-refractivity contribution in [2.24, 2.45) is 0 Å². The Balaban J connectivity index is 1.93. The molecule has 0 atom stereocenters. The van der Waals surface area contributed by atoms with Gasteiger partial charge < -0.3 is 10.1 Å². The molecule has 0 fully saturated rings. The molecule has 0 spiro atoms. The third-order valence-corrected chi connectivity index (χ3v) is 3.01. The van der Waals surface area contributed by atoms with E-state index >= 15 is 0 Å². The molecule has 0 aliphatic rings. The highest BCUT2D eigenvalue weighted by atomic mass is 16.6. The van der Waals surface area contributed by atoms with Crippen LogP contribution in [0.25, 0.3) is 0 Å². The summed E-state index contributed by atoms with van der Waals surface area (Å²) in [6, 6.07) is 13.1. The minimum absolute atomic E-state index is 0.409. The quantitative estimate of drug-likeness (QED) is 0.890. The SMILES string of the molecule is CC(C)(C)OC(=O)Nc1ccc(NCc2ccccc2C#N)cn1. The van der Waals surface area contributed by atoms with Gasteiger partial charge in [-0.25, -0.2) is 9.78 Å². The van der Waals surface area contributed by atoms with Gasteiger partial charge in [-0.2, -0.15) is 5.26 Å². The molecule has 0 aliphatic carbocycles. The highest BCUT2D eigenvalue weighted by Gasteiger charge is 2.16. The molecule has 6 nitrogen and oxygen atoms in total. The Kier molecular flexibility index (Phi) is 5.38. The Bertz CT molecular complexity index is 743. The second-order valence-electron chi connectivity index (χ2n) is 6.18. The van der Waals surface area contributed by atoms with Gasteiger partial charge in [-0.05, 0) is 44.5 Å². The zero-order valence-corrected chi connectivity index (χ0v) is 14.0. The molecular formula is C18H20N4O2. The molecular weight excluding hydrogens is 304 g/mol. The van der Waals surface area contributed by atoms with Crippen molar-refractivity contribution >= 4 is 17.6 Å². The van der Waals surface area contributed by atoms with Crippen molar-refractivity contribution < 1.29 is 9.53 Å². The third-order valence-electron chi connectivity index (χ3n) is 3.01. The molecule has 1 amide bonds. The van der Waals surface area contributed by atoms with Gasteiger partial charge in [0.2, 0.25) is 0 Å². The number of carbonyl (C=O) groups is 1. The molecule has 124 valence electrons. The van der Waals surface area contributed by atoms with Gasteiger partial charge >= 0.3 is 6.09 Å². The number of hydrogen-bond donors (Lipinski definition) is 2. The monoisotopic (exact) mass is 324 g/mol. The first kappa shape index (κ1) is 17.3. The van der Waals surface area contributed by atoms with E-state index in [4.69, 9.17) is 10.00 Å². The van der Waals surface area contributed by atoms with Gasteiger partial charge in [0.1, 0.15) is 11.4 Å². The van der Waals surface area contributed by atoms with Crippen LogP contribution in [-0.2, 0) is 11.3 Å². The van der Waals surface area contributed by atoms with Crippen molar-refractivity contribution in [2.75, 3.05) is 10.6 Å². The summed E-state index contributed by atoms with van der Waals surface area (Å²) in [7, 11) is 0. The van der Waals surface area contributed by atoms with E-state index in [9.17, 15) is 4.79 Å². The molecule has 24 heavy (non-hydrogen) atoms. The van der Waals surface area contributed by atoms with Gasteiger partial charge in [0.05, 0.1) is 23.5 Å². The first-order valence-corrected chi connectivity index (χ1v) is 7.55. The summed E-state index contributed by atoms with van der Waals surface area (Å²) < 4.78 is 5.17. The van der Waals surface area contributed by atoms with Crippen LogP contribution in [0.3, 0.4) is 0 Å². The second kappa shape index (κ2) is 7.47. The number of hydrogen-bond acceptors (Lipinski definition) is 5. The van der Waals surface area contributed by atoms with E-state index in [1.54, 1.807) is 45.2 Å². The molecule has 2 rings (SSSR count). The summed E-state index contributed by atoms with van der Waals surface area (Å²) in [5, 5.41) is 14.8. The fraction of sp³-hybridized carbons (Fsp3) is 0.278. The molecule has 1 aromatic heterocycles. The molecule has 0 radical (unpaired) electrons. The smallest absolute Gasteiger partial charge is 0.413 e. The maximum absolute atomic E-state index is 11.7. The summed E-state index contributed by atoms with van der Waals surface area (Å²) in [6.45, 7) is 5.91. The lowest BCUT2D eigenvalue weighted by atomic mass is 10.1. The van der Waals surface area contributed by atoms with E-state index in [2.05, 4.69) is 21.7 Å². The second-order valence-corrected chi connectivity index (χ2v) is 6.18. The largest absolute Gasteiger partial charge is 0.444 e. The number of nitrogens with zero attached hydrogens (tertiary/aromatic N) is 2. The fourth-order valence-corrected chi connectivity index (χ4v) is 1.96. The summed E-state index contributed by atoms with van der Waals surface area (Å²) in [4.78, 5) is 15.8. The van der Waals surface area contributed by atoms with Gasteiger partial charge in [0.25, 0.3) is 0 Å². The molecule has 2 aromatic rings. The van der Waals surface area contributed by atoms with Gasteiger partial charge in [-0.1, -0.05) is 18.2 Å². The molecule has 1 aromatic carbocycles. The predicted octanol–water partition coefficient (Wildman–Crippen LogP) is 3.91. The predicted molar refractivity (Wildman–Crippen MR) is 92.6 cm³/mol. The Morgan fingerprint density at radius 1 is 1.25 bits per heavy atom. The number of nitrogens with one attached hydrogen (secondary N) is 2. The number of amides is 1. The van der Waals surface area contributed by atoms with Crippen LogP contribution < -0.4 is 10.6 Å². The van der Waals surface area contributed by atoms with E-state index in [0.29, 0.717) is 17.9 Å². The summed E-state index contributed by atoms with van der Waals surface area (Å²) in [6.07, 6.45) is 1.07. The van der Waals surface area contributed by atoms with Crippen molar-refractivity contribution in [2.45, 2.75) is 32.9 Å². The number of anilines is 2. The van der Waals surface area contributed by atoms with Crippen molar-refractivity contribution in [1.82, 2.24) is 4.98 Å². The highest BCUT2D eigenvalue weighted by molar-refractivity contribution is 5.83. The molecule has 0 unspecified atom stereocenters. The molecule has 6 heteroatoms. The van der Waals surface area contributed by atoms with E-state index in [0.717, 1.165) is 11.3 Å². The van der Waals surface area contributed by atoms with Crippen LogP contribution in [0.4, 0.5) is 16.3 Å². The Hall–Kier alpha value is -3.07. The lowest BCUT2D eigenvalue weighted by Crippen LogP contribution is -2.27. The maximum atomic E-state index is 11.7. The van der Waals surface area contributed by atoms with E-state index < -0.39 is 11.7 Å². The van der Waals surface area contributed by atoms with Gasteiger partial charge in [-0.3, -0.25) is 5.32 Å². The average molecular weight is 324 g/mol. The Labute approximate surface area is 141 Å². The summed E-state index contributed by atoms with van der Waals surface area (Å²) >= 11 is 0. The van der Waals surface area contributed by atoms with Crippen LogP contribution in [0.5, 0.6) is 0 Å². The van der Waals surface area contributed by atoms with E-state index in [-0.39, 0.29) is 0 Å². The van der Waals surface area contributed by atoms with Crippen LogP contribution in [0, 0.1) is 11.3 Å². The Morgan fingerprint density at radius 2 is 2.00 bits per heavy atom. The van der Waals surface area contributed by atoms with Crippen molar-refractivity contribution in [1.29, 1.82) is 5.26 Å². The summed E-state index contributed by atoms with van der Waals surface area (Å²) in [5.41, 5.74) is 1.79. The van der Waals surface area contributed by atoms with Gasteiger partial charge in [0.15, 0.2) is 0 Å². The van der Waals surface area contributed by atoms with Crippen molar-refractivity contribution in [3.63, 3.8) is 0 Å². The van der Waals surface area contributed by atoms with Crippen molar-refractivity contribution in [3.05, 3.63) is 53.7 Å². The summed E-state index contributed by atoms with van der Waals surface area (Å²) in [5.74, 6) is 0.409. The molecule has 0 saturated carbocycles. The molecule has 0 bridgehead atoms. The zero-order valence-electron chi connectivity index (χ0n) is 14.0. The molecule has 0 aliphatic heterocycles. The van der Waals surface area contributed by atoms with Crippen LogP contribution in [-0.4, -0.2) is 16.7 Å².